The topological polar surface area (TPSA) is 71.3 Å². The number of nitrogens with one attached hydrogen (secondary N) is 2. The van der Waals surface area contributed by atoms with Crippen LogP contribution in [0.4, 0.5) is 24.5 Å². The van der Waals surface area contributed by atoms with Crippen molar-refractivity contribution in [1.29, 1.82) is 0 Å². The highest BCUT2D eigenvalue weighted by atomic mass is 19.4. The Morgan fingerprint density at radius 2 is 1.45 bits per heavy atom. The van der Waals surface area contributed by atoms with Gasteiger partial charge in [0.25, 0.3) is 5.91 Å². The molecular weight excluding hydrogens is 385 g/mol. The zero-order valence-electron chi connectivity index (χ0n) is 14.9. The summed E-state index contributed by atoms with van der Waals surface area (Å²) in [6.07, 6.45) is -2.80. The van der Waals surface area contributed by atoms with Gasteiger partial charge in [-0.25, -0.2) is 0 Å². The summed E-state index contributed by atoms with van der Waals surface area (Å²) in [4.78, 5) is 24.0. The maximum Gasteiger partial charge on any atom is 0.417 e. The SMILES string of the molecule is O=C(/C=C(\c1ccccc1)C(F)(F)F)Nc1ccc(NC(=O)c2ccco2)cc1. The summed E-state index contributed by atoms with van der Waals surface area (Å²) < 4.78 is 44.9. The van der Waals surface area contributed by atoms with Gasteiger partial charge < -0.3 is 15.1 Å². The number of halogens is 3. The number of anilines is 2. The Hall–Kier alpha value is -3.81. The Balaban J connectivity index is 1.69. The van der Waals surface area contributed by atoms with Crippen molar-refractivity contribution in [3.63, 3.8) is 0 Å². The molecule has 0 unspecified atom stereocenters. The van der Waals surface area contributed by atoms with Gasteiger partial charge in [-0.15, -0.1) is 0 Å². The fraction of sp³-hybridized carbons (Fsp3) is 0.0476. The van der Waals surface area contributed by atoms with Crippen molar-refractivity contribution in [2.45, 2.75) is 6.18 Å². The third kappa shape index (κ3) is 5.35. The first-order valence-electron chi connectivity index (χ1n) is 8.43. The quantitative estimate of drug-likeness (QED) is 0.584. The van der Waals surface area contributed by atoms with Gasteiger partial charge in [0.2, 0.25) is 5.91 Å². The van der Waals surface area contributed by atoms with E-state index in [1.54, 1.807) is 12.1 Å². The Bertz CT molecular complexity index is 1010. The summed E-state index contributed by atoms with van der Waals surface area (Å²) in [6, 6.07) is 16.1. The summed E-state index contributed by atoms with van der Waals surface area (Å²) in [5.41, 5.74) is -0.443. The number of rotatable bonds is 5. The van der Waals surface area contributed by atoms with Crippen LogP contribution in [-0.2, 0) is 4.79 Å². The molecule has 1 heterocycles. The Labute approximate surface area is 163 Å². The zero-order chi connectivity index (χ0) is 20.9. The van der Waals surface area contributed by atoms with Crippen LogP contribution >= 0.6 is 0 Å². The van der Waals surface area contributed by atoms with Crippen LogP contribution in [0.2, 0.25) is 0 Å². The van der Waals surface area contributed by atoms with Gasteiger partial charge in [-0.2, -0.15) is 13.2 Å². The van der Waals surface area contributed by atoms with Crippen LogP contribution in [0, 0.1) is 0 Å². The van der Waals surface area contributed by atoms with Crippen molar-refractivity contribution in [3.05, 3.63) is 90.4 Å². The summed E-state index contributed by atoms with van der Waals surface area (Å²) in [5.74, 6) is -1.24. The number of carbonyl (C=O) groups is 2. The van der Waals surface area contributed by atoms with Crippen molar-refractivity contribution in [2.24, 2.45) is 0 Å². The van der Waals surface area contributed by atoms with E-state index in [-0.39, 0.29) is 17.0 Å². The molecular formula is C21H15F3N2O3. The average molecular weight is 400 g/mol. The molecule has 0 bridgehead atoms. The molecule has 0 aliphatic heterocycles. The fourth-order valence-electron chi connectivity index (χ4n) is 2.49. The minimum absolute atomic E-state index is 0.105. The van der Waals surface area contributed by atoms with E-state index in [1.807, 2.05) is 0 Å². The van der Waals surface area contributed by atoms with Crippen LogP contribution in [0.5, 0.6) is 0 Å². The van der Waals surface area contributed by atoms with Gasteiger partial charge >= 0.3 is 6.18 Å². The molecule has 3 rings (SSSR count). The molecule has 2 N–H and O–H groups in total. The standard InChI is InChI=1S/C21H15F3N2O3/c22-21(23,24)17(14-5-2-1-3-6-14)13-19(27)25-15-8-10-16(11-9-15)26-20(28)18-7-4-12-29-18/h1-13H,(H,25,27)(H,26,28)/b17-13+. The normalized spacial score (nSPS) is 11.8. The van der Waals surface area contributed by atoms with Crippen molar-refractivity contribution >= 4 is 28.8 Å². The molecule has 0 atom stereocenters. The van der Waals surface area contributed by atoms with E-state index in [0.29, 0.717) is 11.8 Å². The predicted molar refractivity (Wildman–Crippen MR) is 102 cm³/mol. The third-order valence-corrected chi connectivity index (χ3v) is 3.82. The summed E-state index contributed by atoms with van der Waals surface area (Å²) in [5, 5.41) is 4.97. The summed E-state index contributed by atoms with van der Waals surface area (Å²) in [7, 11) is 0. The van der Waals surface area contributed by atoms with Gasteiger partial charge in [-0.05, 0) is 42.0 Å². The zero-order valence-corrected chi connectivity index (χ0v) is 14.9. The van der Waals surface area contributed by atoms with E-state index in [4.69, 9.17) is 4.42 Å². The van der Waals surface area contributed by atoms with Crippen LogP contribution in [0.3, 0.4) is 0 Å². The molecule has 3 aromatic rings. The highest BCUT2D eigenvalue weighted by molar-refractivity contribution is 6.05. The van der Waals surface area contributed by atoms with E-state index in [0.717, 1.165) is 0 Å². The molecule has 1 aromatic heterocycles. The first-order valence-corrected chi connectivity index (χ1v) is 8.43. The minimum Gasteiger partial charge on any atom is -0.459 e. The van der Waals surface area contributed by atoms with Crippen molar-refractivity contribution < 1.29 is 27.2 Å². The van der Waals surface area contributed by atoms with Gasteiger partial charge in [0, 0.05) is 17.5 Å². The molecule has 0 saturated carbocycles. The lowest BCUT2D eigenvalue weighted by Crippen LogP contribution is -2.16. The summed E-state index contributed by atoms with van der Waals surface area (Å²) >= 11 is 0. The Morgan fingerprint density at radius 3 is 2.00 bits per heavy atom. The monoisotopic (exact) mass is 400 g/mol. The molecule has 8 heteroatoms. The second kappa shape index (κ2) is 8.47. The van der Waals surface area contributed by atoms with Crippen LogP contribution in [0.15, 0.2) is 83.5 Å². The van der Waals surface area contributed by atoms with Crippen molar-refractivity contribution in [2.75, 3.05) is 10.6 Å². The largest absolute Gasteiger partial charge is 0.459 e. The van der Waals surface area contributed by atoms with Crippen molar-refractivity contribution in [3.8, 4) is 0 Å². The van der Waals surface area contributed by atoms with Gasteiger partial charge in [0.1, 0.15) is 0 Å². The molecule has 148 valence electrons. The van der Waals surface area contributed by atoms with E-state index in [9.17, 15) is 22.8 Å². The first-order chi connectivity index (χ1) is 13.8. The van der Waals surface area contributed by atoms with Gasteiger partial charge in [0.05, 0.1) is 11.8 Å². The number of alkyl halides is 3. The average Bonchev–Trinajstić information content (AvgIpc) is 3.22. The molecule has 0 radical (unpaired) electrons. The molecule has 0 fully saturated rings. The van der Waals surface area contributed by atoms with E-state index >= 15 is 0 Å². The van der Waals surface area contributed by atoms with Crippen LogP contribution < -0.4 is 10.6 Å². The number of hydrogen-bond donors (Lipinski definition) is 2. The van der Waals surface area contributed by atoms with Crippen LogP contribution in [0.1, 0.15) is 16.1 Å². The van der Waals surface area contributed by atoms with E-state index < -0.39 is 23.6 Å². The van der Waals surface area contributed by atoms with Gasteiger partial charge in [0.15, 0.2) is 5.76 Å². The maximum absolute atomic E-state index is 13.3. The predicted octanol–water partition coefficient (Wildman–Crippen LogP) is 5.12. The highest BCUT2D eigenvalue weighted by Crippen LogP contribution is 2.33. The molecule has 0 aliphatic rings. The summed E-state index contributed by atoms with van der Waals surface area (Å²) in [6.45, 7) is 0. The van der Waals surface area contributed by atoms with Gasteiger partial charge in [-0.1, -0.05) is 30.3 Å². The van der Waals surface area contributed by atoms with Crippen LogP contribution in [-0.4, -0.2) is 18.0 Å². The lowest BCUT2D eigenvalue weighted by Gasteiger charge is -2.12. The molecule has 0 saturated heterocycles. The molecule has 2 amide bonds. The smallest absolute Gasteiger partial charge is 0.417 e. The van der Waals surface area contributed by atoms with Gasteiger partial charge in [-0.3, -0.25) is 9.59 Å². The lowest BCUT2D eigenvalue weighted by atomic mass is 10.1. The third-order valence-electron chi connectivity index (χ3n) is 3.82. The molecule has 0 aliphatic carbocycles. The maximum atomic E-state index is 13.3. The lowest BCUT2D eigenvalue weighted by molar-refractivity contribution is -0.112. The molecule has 29 heavy (non-hydrogen) atoms. The molecule has 5 nitrogen and oxygen atoms in total. The molecule has 0 spiro atoms. The first kappa shape index (κ1) is 19.9. The number of hydrogen-bond acceptors (Lipinski definition) is 3. The number of furan rings is 1. The van der Waals surface area contributed by atoms with E-state index in [1.165, 1.54) is 60.9 Å². The fourth-order valence-corrected chi connectivity index (χ4v) is 2.49. The second-order valence-corrected chi connectivity index (χ2v) is 5.92. The Morgan fingerprint density at radius 1 is 0.828 bits per heavy atom. The van der Waals surface area contributed by atoms with E-state index in [2.05, 4.69) is 10.6 Å². The number of benzene rings is 2. The minimum atomic E-state index is -4.68. The second-order valence-electron chi connectivity index (χ2n) is 5.92. The number of carbonyl (C=O) groups excluding carboxylic acids is 2. The Kier molecular flexibility index (Phi) is 5.82. The molecule has 2 aromatic carbocycles. The number of amides is 2. The van der Waals surface area contributed by atoms with Crippen LogP contribution in [0.25, 0.3) is 5.57 Å². The van der Waals surface area contributed by atoms with Crippen molar-refractivity contribution in [1.82, 2.24) is 0 Å². The highest BCUT2D eigenvalue weighted by Gasteiger charge is 2.35. The number of allylic oxidation sites excluding steroid dienone is 1.